The van der Waals surface area contributed by atoms with Gasteiger partial charge in [-0.25, -0.2) is 0 Å². The van der Waals surface area contributed by atoms with Crippen molar-refractivity contribution in [3.8, 4) is 5.75 Å². The fraction of sp³-hybridized carbons (Fsp3) is 0.462. The van der Waals surface area contributed by atoms with Gasteiger partial charge in [0.15, 0.2) is 0 Å². The topological polar surface area (TPSA) is 38.3 Å². The zero-order valence-corrected chi connectivity index (χ0v) is 12.0. The van der Waals surface area contributed by atoms with Crippen LogP contribution in [0.4, 0.5) is 0 Å². The van der Waals surface area contributed by atoms with Crippen LogP contribution in [-0.2, 0) is 0 Å². The van der Waals surface area contributed by atoms with E-state index in [1.807, 2.05) is 6.92 Å². The monoisotopic (exact) mass is 289 g/mol. The first-order valence-electron chi connectivity index (χ1n) is 5.69. The second-order valence-electron chi connectivity index (χ2n) is 4.08. The number of benzene rings is 1. The van der Waals surface area contributed by atoms with E-state index < -0.39 is 5.54 Å². The van der Waals surface area contributed by atoms with Crippen molar-refractivity contribution in [2.75, 3.05) is 18.9 Å². The molecule has 0 heterocycles. The molecule has 100 valence electrons. The van der Waals surface area contributed by atoms with Gasteiger partial charge in [-0.2, -0.15) is 0 Å². The molecule has 0 unspecified atom stereocenters. The van der Waals surface area contributed by atoms with E-state index in [9.17, 15) is 4.79 Å². The lowest BCUT2D eigenvalue weighted by Gasteiger charge is -2.29. The second kappa shape index (κ2) is 6.86. The van der Waals surface area contributed by atoms with Crippen LogP contribution in [0.1, 0.15) is 23.7 Å². The number of rotatable bonds is 6. The molecule has 5 heteroatoms. The van der Waals surface area contributed by atoms with Gasteiger partial charge in [0.1, 0.15) is 5.75 Å². The molecular formula is C13H17Cl2NO2. The first-order valence-corrected chi connectivity index (χ1v) is 6.76. The molecule has 1 aromatic rings. The van der Waals surface area contributed by atoms with Crippen molar-refractivity contribution in [1.29, 1.82) is 0 Å². The summed E-state index contributed by atoms with van der Waals surface area (Å²) in [5, 5.41) is 2.89. The van der Waals surface area contributed by atoms with E-state index in [4.69, 9.17) is 27.9 Å². The zero-order valence-electron chi connectivity index (χ0n) is 10.5. The molecule has 1 aromatic carbocycles. The number of ether oxygens (including phenoxy) is 1. The molecule has 1 N–H and O–H groups in total. The fourth-order valence-electron chi connectivity index (χ4n) is 1.44. The predicted molar refractivity (Wildman–Crippen MR) is 74.9 cm³/mol. The maximum atomic E-state index is 12.1. The van der Waals surface area contributed by atoms with Crippen molar-refractivity contribution in [1.82, 2.24) is 5.32 Å². The standard InChI is InChI=1S/C13H17Cl2NO2/c1-3-13(8-14,9-15)16-12(17)10-4-6-11(18-2)7-5-10/h4-7H,3,8-9H2,1-2H3,(H,16,17). The summed E-state index contributed by atoms with van der Waals surface area (Å²) >= 11 is 11.8. The molecule has 0 aliphatic heterocycles. The fourth-order valence-corrected chi connectivity index (χ4v) is 2.23. The maximum Gasteiger partial charge on any atom is 0.251 e. The van der Waals surface area contributed by atoms with Crippen LogP contribution in [0.15, 0.2) is 24.3 Å². The molecule has 1 amide bonds. The third-order valence-corrected chi connectivity index (χ3v) is 3.94. The minimum Gasteiger partial charge on any atom is -0.497 e. The van der Waals surface area contributed by atoms with E-state index in [1.165, 1.54) is 0 Å². The molecule has 0 aromatic heterocycles. The molecule has 0 aliphatic carbocycles. The molecule has 0 atom stereocenters. The van der Waals surface area contributed by atoms with Crippen molar-refractivity contribution >= 4 is 29.1 Å². The quantitative estimate of drug-likeness (QED) is 0.818. The van der Waals surface area contributed by atoms with Gasteiger partial charge in [-0.1, -0.05) is 6.92 Å². The Morgan fingerprint density at radius 3 is 2.22 bits per heavy atom. The lowest BCUT2D eigenvalue weighted by Crippen LogP contribution is -2.51. The molecule has 0 aliphatic rings. The van der Waals surface area contributed by atoms with Crippen LogP contribution >= 0.6 is 23.2 Å². The summed E-state index contributed by atoms with van der Waals surface area (Å²) in [6.45, 7) is 1.94. The Kier molecular flexibility index (Phi) is 5.76. The average Bonchev–Trinajstić information content (AvgIpc) is 2.45. The normalized spacial score (nSPS) is 11.1. The molecule has 1 rings (SSSR count). The molecule has 18 heavy (non-hydrogen) atoms. The van der Waals surface area contributed by atoms with E-state index in [2.05, 4.69) is 5.32 Å². The molecular weight excluding hydrogens is 273 g/mol. The van der Waals surface area contributed by atoms with Crippen LogP contribution in [0.3, 0.4) is 0 Å². The van der Waals surface area contributed by atoms with Crippen LogP contribution in [0, 0.1) is 0 Å². The van der Waals surface area contributed by atoms with Gasteiger partial charge in [0.05, 0.1) is 12.6 Å². The number of halogens is 2. The highest BCUT2D eigenvalue weighted by Gasteiger charge is 2.28. The number of hydrogen-bond acceptors (Lipinski definition) is 2. The minimum atomic E-state index is -0.555. The van der Waals surface area contributed by atoms with E-state index in [1.54, 1.807) is 31.4 Å². The predicted octanol–water partition coefficient (Wildman–Crippen LogP) is 3.05. The molecule has 0 bridgehead atoms. The number of alkyl halides is 2. The zero-order chi connectivity index (χ0) is 13.6. The number of hydrogen-bond donors (Lipinski definition) is 1. The highest BCUT2D eigenvalue weighted by Crippen LogP contribution is 2.17. The number of nitrogens with one attached hydrogen (secondary N) is 1. The summed E-state index contributed by atoms with van der Waals surface area (Å²) < 4.78 is 5.04. The van der Waals surface area contributed by atoms with Gasteiger partial charge in [-0.15, -0.1) is 23.2 Å². The Morgan fingerprint density at radius 2 is 1.83 bits per heavy atom. The molecule has 3 nitrogen and oxygen atoms in total. The molecule has 0 fully saturated rings. The smallest absolute Gasteiger partial charge is 0.251 e. The second-order valence-corrected chi connectivity index (χ2v) is 4.62. The minimum absolute atomic E-state index is 0.180. The molecule has 0 saturated heterocycles. The Bertz CT molecular complexity index is 380. The highest BCUT2D eigenvalue weighted by molar-refractivity contribution is 6.22. The summed E-state index contributed by atoms with van der Waals surface area (Å²) in [4.78, 5) is 12.1. The third kappa shape index (κ3) is 3.53. The van der Waals surface area contributed by atoms with Gasteiger partial charge in [-0.3, -0.25) is 4.79 Å². The van der Waals surface area contributed by atoms with Crippen molar-refractivity contribution in [3.05, 3.63) is 29.8 Å². The van der Waals surface area contributed by atoms with Gasteiger partial charge in [0.2, 0.25) is 0 Å². The Morgan fingerprint density at radius 1 is 1.28 bits per heavy atom. The largest absolute Gasteiger partial charge is 0.497 e. The van der Waals surface area contributed by atoms with Crippen molar-refractivity contribution in [2.45, 2.75) is 18.9 Å². The van der Waals surface area contributed by atoms with Gasteiger partial charge in [-0.05, 0) is 30.7 Å². The van der Waals surface area contributed by atoms with Crippen LogP contribution in [-0.4, -0.2) is 30.3 Å². The van der Waals surface area contributed by atoms with Crippen LogP contribution in [0.5, 0.6) is 5.75 Å². The van der Waals surface area contributed by atoms with E-state index in [0.29, 0.717) is 17.7 Å². The van der Waals surface area contributed by atoms with Gasteiger partial charge in [0.25, 0.3) is 5.91 Å². The Labute approximate surface area is 117 Å². The lowest BCUT2D eigenvalue weighted by molar-refractivity contribution is 0.0913. The van der Waals surface area contributed by atoms with Crippen LogP contribution < -0.4 is 10.1 Å². The Balaban J connectivity index is 2.80. The Hall–Kier alpha value is -0.930. The highest BCUT2D eigenvalue weighted by atomic mass is 35.5. The van der Waals surface area contributed by atoms with E-state index >= 15 is 0 Å². The van der Waals surface area contributed by atoms with Gasteiger partial charge >= 0.3 is 0 Å². The van der Waals surface area contributed by atoms with Crippen LogP contribution in [0.25, 0.3) is 0 Å². The number of carbonyl (C=O) groups excluding carboxylic acids is 1. The SMILES string of the molecule is CCC(CCl)(CCl)NC(=O)c1ccc(OC)cc1. The molecule has 0 spiro atoms. The van der Waals surface area contributed by atoms with E-state index in [0.717, 1.165) is 0 Å². The summed E-state index contributed by atoms with van der Waals surface area (Å²) in [5.41, 5.74) is 0.00369. The van der Waals surface area contributed by atoms with Crippen LogP contribution in [0.2, 0.25) is 0 Å². The summed E-state index contributed by atoms with van der Waals surface area (Å²) in [6, 6.07) is 6.89. The first kappa shape index (κ1) is 15.1. The molecule has 0 radical (unpaired) electrons. The maximum absolute atomic E-state index is 12.1. The lowest BCUT2D eigenvalue weighted by atomic mass is 10.0. The average molecular weight is 290 g/mol. The van der Waals surface area contributed by atoms with Gasteiger partial charge < -0.3 is 10.1 Å². The summed E-state index contributed by atoms with van der Waals surface area (Å²) in [6.07, 6.45) is 0.682. The number of carbonyl (C=O) groups is 1. The summed E-state index contributed by atoms with van der Waals surface area (Å²) in [7, 11) is 1.58. The summed E-state index contributed by atoms with van der Waals surface area (Å²) in [5.74, 6) is 1.10. The first-order chi connectivity index (χ1) is 8.60. The third-order valence-electron chi connectivity index (χ3n) is 2.92. The van der Waals surface area contributed by atoms with Crippen molar-refractivity contribution < 1.29 is 9.53 Å². The molecule has 0 saturated carbocycles. The van der Waals surface area contributed by atoms with Crippen molar-refractivity contribution in [2.24, 2.45) is 0 Å². The number of methoxy groups -OCH3 is 1. The number of amides is 1. The van der Waals surface area contributed by atoms with E-state index in [-0.39, 0.29) is 17.7 Å². The van der Waals surface area contributed by atoms with Gasteiger partial charge in [0, 0.05) is 17.3 Å². The van der Waals surface area contributed by atoms with Crippen molar-refractivity contribution in [3.63, 3.8) is 0 Å².